The van der Waals surface area contributed by atoms with Crippen molar-refractivity contribution in [3.8, 4) is 0 Å². The zero-order valence-corrected chi connectivity index (χ0v) is 12.8. The molecular weight excluding hydrogens is 346 g/mol. The number of anilines is 2. The summed E-state index contributed by atoms with van der Waals surface area (Å²) in [5.74, 6) is -1.32. The zero-order valence-electron chi connectivity index (χ0n) is 10.4. The molecule has 0 radical (unpaired) electrons. The van der Waals surface area contributed by atoms with Crippen LogP contribution in [0.2, 0.25) is 0 Å². The van der Waals surface area contributed by atoms with Crippen molar-refractivity contribution in [3.63, 3.8) is 0 Å². The van der Waals surface area contributed by atoms with Gasteiger partial charge >= 0.3 is 0 Å². The van der Waals surface area contributed by atoms with Gasteiger partial charge in [-0.05, 0) is 36.8 Å². The normalized spacial score (nSPS) is 11.0. The Kier molecular flexibility index (Phi) is 3.43. The minimum Gasteiger partial charge on any atom is -0.327 e. The molecule has 3 rings (SSSR count). The van der Waals surface area contributed by atoms with Crippen molar-refractivity contribution >= 4 is 48.3 Å². The van der Waals surface area contributed by atoms with Crippen LogP contribution in [0.25, 0.3) is 10.2 Å². The first-order valence-corrected chi connectivity index (χ1v) is 7.42. The lowest BCUT2D eigenvalue weighted by molar-refractivity contribution is 0.589. The second kappa shape index (κ2) is 5.10. The van der Waals surface area contributed by atoms with Gasteiger partial charge in [-0.1, -0.05) is 33.3 Å². The minimum atomic E-state index is -0.660. The molecule has 2 nitrogen and oxygen atoms in total. The Morgan fingerprint density at radius 2 is 1.85 bits per heavy atom. The van der Waals surface area contributed by atoms with E-state index in [2.05, 4.69) is 26.2 Å². The van der Waals surface area contributed by atoms with Crippen molar-refractivity contribution in [2.24, 2.45) is 0 Å². The molecule has 102 valence electrons. The molecule has 1 heterocycles. The summed E-state index contributed by atoms with van der Waals surface area (Å²) in [7, 11) is 0. The molecule has 20 heavy (non-hydrogen) atoms. The number of rotatable bonds is 2. The Hall–Kier alpha value is -1.53. The van der Waals surface area contributed by atoms with Crippen molar-refractivity contribution in [3.05, 3.63) is 52.0 Å². The fraction of sp³-hybridized carbons (Fsp3) is 0.0714. The molecule has 0 saturated carbocycles. The van der Waals surface area contributed by atoms with Crippen LogP contribution in [0.3, 0.4) is 0 Å². The number of aryl methyl sites for hydroxylation is 1. The topological polar surface area (TPSA) is 24.9 Å². The number of nitrogens with one attached hydrogen (secondary N) is 1. The second-order valence-electron chi connectivity index (χ2n) is 4.36. The quantitative estimate of drug-likeness (QED) is 0.667. The molecule has 0 spiro atoms. The van der Waals surface area contributed by atoms with E-state index in [1.165, 1.54) is 23.5 Å². The number of aromatic nitrogens is 1. The summed E-state index contributed by atoms with van der Waals surface area (Å²) in [6.45, 7) is 1.97. The van der Waals surface area contributed by atoms with Gasteiger partial charge in [-0.2, -0.15) is 0 Å². The standard InChI is InChI=1S/C14H9BrF2N2S/c1-7-2-3-12-11(4-7)18-14(20-12)19-13-9(16)5-8(15)6-10(13)17/h2-6H,1H3,(H,18,19). The van der Waals surface area contributed by atoms with Gasteiger partial charge in [-0.25, -0.2) is 13.8 Å². The van der Waals surface area contributed by atoms with Crippen LogP contribution in [0.1, 0.15) is 5.56 Å². The maximum Gasteiger partial charge on any atom is 0.188 e. The Labute approximate surface area is 126 Å². The molecule has 1 aromatic heterocycles. The highest BCUT2D eigenvalue weighted by molar-refractivity contribution is 9.10. The Bertz CT molecular complexity index is 778. The summed E-state index contributed by atoms with van der Waals surface area (Å²) < 4.78 is 28.8. The van der Waals surface area contributed by atoms with E-state index in [0.29, 0.717) is 9.60 Å². The lowest BCUT2D eigenvalue weighted by atomic mass is 10.2. The van der Waals surface area contributed by atoms with Gasteiger partial charge in [0.1, 0.15) is 5.69 Å². The third-order valence-electron chi connectivity index (χ3n) is 2.78. The van der Waals surface area contributed by atoms with Gasteiger partial charge in [-0.3, -0.25) is 0 Å². The summed E-state index contributed by atoms with van der Waals surface area (Å²) in [6.07, 6.45) is 0. The molecule has 0 fully saturated rings. The monoisotopic (exact) mass is 354 g/mol. The zero-order chi connectivity index (χ0) is 14.3. The number of nitrogens with zero attached hydrogens (tertiary/aromatic N) is 1. The molecule has 0 aliphatic rings. The van der Waals surface area contributed by atoms with Crippen LogP contribution in [0.5, 0.6) is 0 Å². The molecule has 1 N–H and O–H groups in total. The number of halogens is 3. The number of benzene rings is 2. The summed E-state index contributed by atoms with van der Waals surface area (Å²) in [5, 5.41) is 3.18. The van der Waals surface area contributed by atoms with Crippen LogP contribution in [-0.4, -0.2) is 4.98 Å². The van der Waals surface area contributed by atoms with Crippen molar-refractivity contribution in [1.82, 2.24) is 4.98 Å². The lowest BCUT2D eigenvalue weighted by Crippen LogP contribution is -1.97. The van der Waals surface area contributed by atoms with Crippen molar-refractivity contribution in [2.75, 3.05) is 5.32 Å². The highest BCUT2D eigenvalue weighted by Crippen LogP contribution is 2.31. The molecule has 0 aliphatic carbocycles. The average Bonchev–Trinajstić information content (AvgIpc) is 2.75. The van der Waals surface area contributed by atoms with Gasteiger partial charge in [0, 0.05) is 4.47 Å². The Morgan fingerprint density at radius 3 is 2.55 bits per heavy atom. The number of fused-ring (bicyclic) bond motifs is 1. The third-order valence-corrected chi connectivity index (χ3v) is 4.19. The van der Waals surface area contributed by atoms with Gasteiger partial charge in [0.05, 0.1) is 10.2 Å². The summed E-state index contributed by atoms with van der Waals surface area (Å²) in [6, 6.07) is 8.28. The summed E-state index contributed by atoms with van der Waals surface area (Å²) >= 11 is 4.40. The van der Waals surface area contributed by atoms with Gasteiger partial charge in [-0.15, -0.1) is 0 Å². The Morgan fingerprint density at radius 1 is 1.15 bits per heavy atom. The fourth-order valence-electron chi connectivity index (χ4n) is 1.86. The Balaban J connectivity index is 2.01. The molecule has 0 bridgehead atoms. The SMILES string of the molecule is Cc1ccc2sc(Nc3c(F)cc(Br)cc3F)nc2c1. The van der Waals surface area contributed by atoms with Crippen molar-refractivity contribution < 1.29 is 8.78 Å². The second-order valence-corrected chi connectivity index (χ2v) is 6.31. The molecule has 6 heteroatoms. The van der Waals surface area contributed by atoms with Crippen molar-refractivity contribution in [1.29, 1.82) is 0 Å². The molecule has 0 aliphatic heterocycles. The molecule has 0 amide bonds. The van der Waals surface area contributed by atoms with Crippen LogP contribution >= 0.6 is 27.3 Å². The van der Waals surface area contributed by atoms with E-state index in [0.717, 1.165) is 15.8 Å². The van der Waals surface area contributed by atoms with Crippen LogP contribution < -0.4 is 5.32 Å². The third kappa shape index (κ3) is 2.53. The van der Waals surface area contributed by atoms with Crippen LogP contribution in [0.15, 0.2) is 34.8 Å². The first kappa shape index (κ1) is 13.5. The maximum absolute atomic E-state index is 13.8. The maximum atomic E-state index is 13.8. The number of hydrogen-bond donors (Lipinski definition) is 1. The van der Waals surface area contributed by atoms with E-state index >= 15 is 0 Å². The van der Waals surface area contributed by atoms with Gasteiger partial charge in [0.25, 0.3) is 0 Å². The summed E-state index contributed by atoms with van der Waals surface area (Å²) in [4.78, 5) is 4.34. The molecular formula is C14H9BrF2N2S. The van der Waals surface area contributed by atoms with E-state index in [1.807, 2.05) is 25.1 Å². The van der Waals surface area contributed by atoms with Gasteiger partial charge in [0.15, 0.2) is 16.8 Å². The minimum absolute atomic E-state index is 0.191. The van der Waals surface area contributed by atoms with E-state index in [-0.39, 0.29) is 5.69 Å². The largest absolute Gasteiger partial charge is 0.327 e. The van der Waals surface area contributed by atoms with Gasteiger partial charge in [0.2, 0.25) is 0 Å². The molecule has 0 atom stereocenters. The molecule has 2 aromatic carbocycles. The molecule has 0 unspecified atom stereocenters. The lowest BCUT2D eigenvalue weighted by Gasteiger charge is -2.06. The first-order valence-electron chi connectivity index (χ1n) is 5.82. The van der Waals surface area contributed by atoms with Crippen LogP contribution in [-0.2, 0) is 0 Å². The number of hydrogen-bond acceptors (Lipinski definition) is 3. The molecule has 0 saturated heterocycles. The predicted octanol–water partition coefficient (Wildman–Crippen LogP) is 5.39. The van der Waals surface area contributed by atoms with E-state index in [1.54, 1.807) is 0 Å². The highest BCUT2D eigenvalue weighted by atomic mass is 79.9. The number of thiazole rings is 1. The van der Waals surface area contributed by atoms with Crippen LogP contribution in [0.4, 0.5) is 19.6 Å². The van der Waals surface area contributed by atoms with Crippen LogP contribution in [0, 0.1) is 18.6 Å². The smallest absolute Gasteiger partial charge is 0.188 e. The average molecular weight is 355 g/mol. The molecule has 3 aromatic rings. The first-order chi connectivity index (χ1) is 9.52. The highest BCUT2D eigenvalue weighted by Gasteiger charge is 2.13. The van der Waals surface area contributed by atoms with E-state index < -0.39 is 11.6 Å². The predicted molar refractivity (Wildman–Crippen MR) is 81.7 cm³/mol. The summed E-state index contributed by atoms with van der Waals surface area (Å²) in [5.41, 5.74) is 1.72. The van der Waals surface area contributed by atoms with Gasteiger partial charge < -0.3 is 5.32 Å². The van der Waals surface area contributed by atoms with E-state index in [4.69, 9.17) is 0 Å². The fourth-order valence-corrected chi connectivity index (χ4v) is 3.11. The van der Waals surface area contributed by atoms with Crippen molar-refractivity contribution in [2.45, 2.75) is 6.92 Å². The van der Waals surface area contributed by atoms with E-state index in [9.17, 15) is 8.78 Å².